The normalized spacial score (nSPS) is 16.1. The minimum Gasteiger partial charge on any atom is -0.497 e. The van der Waals surface area contributed by atoms with E-state index in [1.165, 1.54) is 10.4 Å². The van der Waals surface area contributed by atoms with Crippen LogP contribution in [0.1, 0.15) is 99.6 Å². The molecule has 0 spiro atoms. The standard InChI is InChI=1S/C53H78O7Si2/c1-14-44(51(54)55)36-39(2)49(57-38-43-30-32-45(56-11)33-31-43)41(4)50(58-37-42-24-18-15-19-25-42)40(3)48(60-61(12,13)52(5,6)7)34-35-59-62(53(8,9)10,46-26-20-16-21-27-46)47-28-22-17-23-29-47/h15-33,39-41,44,48-50H,14,34-38H2,1-13H3,(H,54,55)/t39-,40-,41+,44-,48-,49-,50-/m0/s1. The molecule has 0 unspecified atom stereocenters. The Labute approximate surface area is 377 Å². The number of ether oxygens (including phenoxy) is 3. The van der Waals surface area contributed by atoms with Crippen molar-refractivity contribution < 1.29 is 33.0 Å². The molecule has 0 heterocycles. The van der Waals surface area contributed by atoms with Gasteiger partial charge in [-0.1, -0.05) is 172 Å². The molecule has 1 N–H and O–H groups in total. The number of hydrogen-bond acceptors (Lipinski definition) is 6. The zero-order valence-electron chi connectivity index (χ0n) is 40.2. The third kappa shape index (κ3) is 13.2. The number of benzene rings is 4. The van der Waals surface area contributed by atoms with Gasteiger partial charge < -0.3 is 28.2 Å². The topological polar surface area (TPSA) is 83.5 Å². The molecule has 62 heavy (non-hydrogen) atoms. The summed E-state index contributed by atoms with van der Waals surface area (Å²) in [4.78, 5) is 12.4. The largest absolute Gasteiger partial charge is 0.497 e. The molecule has 0 aliphatic carbocycles. The predicted octanol–water partition coefficient (Wildman–Crippen LogP) is 11.9. The Morgan fingerprint density at radius 3 is 1.60 bits per heavy atom. The smallest absolute Gasteiger partial charge is 0.306 e. The fourth-order valence-corrected chi connectivity index (χ4v) is 14.8. The van der Waals surface area contributed by atoms with Crippen LogP contribution in [0.25, 0.3) is 0 Å². The van der Waals surface area contributed by atoms with Gasteiger partial charge in [-0.25, -0.2) is 0 Å². The minimum absolute atomic E-state index is 0.0274. The van der Waals surface area contributed by atoms with Crippen LogP contribution >= 0.6 is 0 Å². The Kier molecular flexibility index (Phi) is 18.8. The molecule has 0 saturated carbocycles. The summed E-state index contributed by atoms with van der Waals surface area (Å²) >= 11 is 0. The second-order valence-electron chi connectivity index (χ2n) is 20.0. The molecule has 0 radical (unpaired) electrons. The van der Waals surface area contributed by atoms with Crippen LogP contribution in [-0.4, -0.2) is 59.7 Å². The molecule has 0 aromatic heterocycles. The first-order chi connectivity index (χ1) is 29.3. The van der Waals surface area contributed by atoms with Gasteiger partial charge in [-0.3, -0.25) is 4.79 Å². The van der Waals surface area contributed by atoms with Crippen LogP contribution < -0.4 is 15.1 Å². The number of hydrogen-bond donors (Lipinski definition) is 1. The molecule has 0 amide bonds. The van der Waals surface area contributed by atoms with Crippen LogP contribution in [0, 0.1) is 23.7 Å². The van der Waals surface area contributed by atoms with Crippen molar-refractivity contribution in [3.63, 3.8) is 0 Å². The highest BCUT2D eigenvalue weighted by Crippen LogP contribution is 2.42. The summed E-state index contributed by atoms with van der Waals surface area (Å²) in [5.41, 5.74) is 2.12. The Morgan fingerprint density at radius 2 is 1.15 bits per heavy atom. The van der Waals surface area contributed by atoms with E-state index in [0.29, 0.717) is 39.1 Å². The average molecular weight is 883 g/mol. The third-order valence-corrected chi connectivity index (χ3v) is 23.0. The Bertz CT molecular complexity index is 1850. The molecule has 9 heteroatoms. The van der Waals surface area contributed by atoms with Crippen LogP contribution in [0.15, 0.2) is 115 Å². The summed E-state index contributed by atoms with van der Waals surface area (Å²) < 4.78 is 34.6. The van der Waals surface area contributed by atoms with Gasteiger partial charge in [-0.05, 0) is 82.0 Å². The first-order valence-electron chi connectivity index (χ1n) is 22.8. The van der Waals surface area contributed by atoms with E-state index in [1.807, 2.05) is 49.4 Å². The van der Waals surface area contributed by atoms with Crippen molar-refractivity contribution in [2.24, 2.45) is 23.7 Å². The highest BCUT2D eigenvalue weighted by molar-refractivity contribution is 6.99. The maximum atomic E-state index is 12.4. The lowest BCUT2D eigenvalue weighted by Gasteiger charge is -2.46. The SMILES string of the molecule is CC[C@@H](C[C@H](C)[C@H](OCc1ccc(OC)cc1)[C@@H](C)[C@@H](OCc1ccccc1)[C@@H](C)[C@H](CCO[Si](c1ccccc1)(c1ccccc1)C(C)(C)C)O[Si](C)(C)C(C)(C)C)C(=O)O. The second-order valence-corrected chi connectivity index (χ2v) is 29.0. The van der Waals surface area contributed by atoms with Crippen LogP contribution in [-0.2, 0) is 36.3 Å². The van der Waals surface area contributed by atoms with Gasteiger partial charge in [0.25, 0.3) is 8.32 Å². The van der Waals surface area contributed by atoms with Crippen molar-refractivity contribution in [2.75, 3.05) is 13.7 Å². The lowest BCUT2D eigenvalue weighted by molar-refractivity contribution is -0.144. The first-order valence-corrected chi connectivity index (χ1v) is 27.6. The molecular formula is C53H78O7Si2. The van der Waals surface area contributed by atoms with Crippen molar-refractivity contribution in [2.45, 2.75) is 143 Å². The van der Waals surface area contributed by atoms with Crippen molar-refractivity contribution >= 4 is 33.0 Å². The predicted molar refractivity (Wildman–Crippen MR) is 260 cm³/mol. The van der Waals surface area contributed by atoms with E-state index in [4.69, 9.17) is 23.1 Å². The average Bonchev–Trinajstić information content (AvgIpc) is 3.24. The zero-order valence-corrected chi connectivity index (χ0v) is 42.2. The van der Waals surface area contributed by atoms with Crippen molar-refractivity contribution in [3.8, 4) is 5.75 Å². The van der Waals surface area contributed by atoms with Gasteiger partial charge >= 0.3 is 5.97 Å². The zero-order chi connectivity index (χ0) is 45.7. The summed E-state index contributed by atoms with van der Waals surface area (Å²) in [5, 5.41) is 12.5. The van der Waals surface area contributed by atoms with Crippen molar-refractivity contribution in [1.29, 1.82) is 0 Å². The summed E-state index contributed by atoms with van der Waals surface area (Å²) in [6.07, 6.45) is 0.926. The highest BCUT2D eigenvalue weighted by atomic mass is 28.4. The number of carboxylic acids is 1. The van der Waals surface area contributed by atoms with Gasteiger partial charge in [0.15, 0.2) is 8.32 Å². The van der Waals surface area contributed by atoms with Gasteiger partial charge in [-0.2, -0.15) is 0 Å². The molecule has 340 valence electrons. The van der Waals surface area contributed by atoms with E-state index in [-0.39, 0.29) is 46.1 Å². The monoisotopic (exact) mass is 883 g/mol. The second kappa shape index (κ2) is 22.9. The van der Waals surface area contributed by atoms with Crippen LogP contribution in [0.2, 0.25) is 23.2 Å². The van der Waals surface area contributed by atoms with Gasteiger partial charge in [-0.15, -0.1) is 0 Å². The van der Waals surface area contributed by atoms with E-state index in [0.717, 1.165) is 16.9 Å². The summed E-state index contributed by atoms with van der Waals surface area (Å²) in [6, 6.07) is 39.9. The van der Waals surface area contributed by atoms with E-state index < -0.39 is 28.5 Å². The van der Waals surface area contributed by atoms with Crippen LogP contribution in [0.4, 0.5) is 0 Å². The Morgan fingerprint density at radius 1 is 0.661 bits per heavy atom. The van der Waals surface area contributed by atoms with Crippen molar-refractivity contribution in [3.05, 3.63) is 126 Å². The van der Waals surface area contributed by atoms with Gasteiger partial charge in [0.2, 0.25) is 0 Å². The molecule has 4 aromatic rings. The number of rotatable bonds is 24. The highest BCUT2D eigenvalue weighted by Gasteiger charge is 2.51. The number of carboxylic acid groups (broad SMARTS) is 1. The molecular weight excluding hydrogens is 805 g/mol. The number of aliphatic carboxylic acids is 1. The Balaban J connectivity index is 1.79. The van der Waals surface area contributed by atoms with Crippen LogP contribution in [0.5, 0.6) is 5.75 Å². The lowest BCUT2D eigenvalue weighted by atomic mass is 9.78. The number of methoxy groups -OCH3 is 1. The minimum atomic E-state index is -2.82. The molecule has 0 aliphatic heterocycles. The fraction of sp³-hybridized carbons (Fsp3) is 0.528. The lowest BCUT2D eigenvalue weighted by Crippen LogP contribution is -2.66. The first kappa shape index (κ1) is 51.1. The maximum Gasteiger partial charge on any atom is 0.306 e. The van der Waals surface area contributed by atoms with Crippen LogP contribution in [0.3, 0.4) is 0 Å². The van der Waals surface area contributed by atoms with E-state index in [9.17, 15) is 9.90 Å². The molecule has 0 saturated heterocycles. The quantitative estimate of drug-likeness (QED) is 0.0702. The molecule has 0 fully saturated rings. The fourth-order valence-electron chi connectivity index (χ4n) is 8.80. The van der Waals surface area contributed by atoms with Gasteiger partial charge in [0.1, 0.15) is 5.75 Å². The van der Waals surface area contributed by atoms with E-state index in [1.54, 1.807) is 7.11 Å². The molecule has 4 aromatic carbocycles. The number of carbonyl (C=O) groups is 1. The summed E-state index contributed by atoms with van der Waals surface area (Å²) in [6.45, 7) is 28.4. The van der Waals surface area contributed by atoms with Gasteiger partial charge in [0, 0.05) is 18.4 Å². The van der Waals surface area contributed by atoms with E-state index >= 15 is 0 Å². The van der Waals surface area contributed by atoms with Crippen molar-refractivity contribution in [1.82, 2.24) is 0 Å². The molecule has 7 nitrogen and oxygen atoms in total. The maximum absolute atomic E-state index is 12.4. The Hall–Kier alpha value is -3.58. The van der Waals surface area contributed by atoms with Gasteiger partial charge in [0.05, 0.1) is 44.6 Å². The summed E-state index contributed by atoms with van der Waals surface area (Å²) in [7, 11) is -3.47. The third-order valence-electron chi connectivity index (χ3n) is 13.5. The van der Waals surface area contributed by atoms with E-state index in [2.05, 4.69) is 148 Å². The summed E-state index contributed by atoms with van der Waals surface area (Å²) in [5.74, 6) is -0.733. The molecule has 0 aliphatic rings. The molecule has 7 atom stereocenters. The molecule has 4 rings (SSSR count). The molecule has 0 bridgehead atoms.